The van der Waals surface area contributed by atoms with E-state index in [1.54, 1.807) is 13.8 Å². The Morgan fingerprint density at radius 2 is 2.30 bits per heavy atom. The number of carbonyl (C=O) groups excluding carboxylic acids is 1. The van der Waals surface area contributed by atoms with Crippen LogP contribution in [0.3, 0.4) is 0 Å². The fourth-order valence-electron chi connectivity index (χ4n) is 0.409. The largest absolute Gasteiger partial charge is 0.465 e. The van der Waals surface area contributed by atoms with Crippen LogP contribution in [0.5, 0.6) is 0 Å². The number of esters is 1. The summed E-state index contributed by atoms with van der Waals surface area (Å²) in [7, 11) is 0. The minimum Gasteiger partial charge on any atom is -0.465 e. The average Bonchev–Trinajstić information content (AvgIpc) is 1.85. The maximum absolute atomic E-state index is 10.6. The van der Waals surface area contributed by atoms with Crippen molar-refractivity contribution in [2.24, 2.45) is 0 Å². The fourth-order valence-corrected chi connectivity index (χ4v) is 0.481. The smallest absolute Gasteiger partial charge is 0.325 e. The van der Waals surface area contributed by atoms with Crippen molar-refractivity contribution in [3.05, 3.63) is 0 Å². The highest BCUT2D eigenvalue weighted by atomic mass is 32.1. The summed E-state index contributed by atoms with van der Waals surface area (Å²) in [6, 6.07) is 0. The Balaban J connectivity index is 3.30. The van der Waals surface area contributed by atoms with Crippen LogP contribution in [0.2, 0.25) is 0 Å². The second-order valence-electron chi connectivity index (χ2n) is 1.71. The molecule has 0 bridgehead atoms. The van der Waals surface area contributed by atoms with Gasteiger partial charge in [-0.25, -0.2) is 0 Å². The Morgan fingerprint density at radius 3 is 2.70 bits per heavy atom. The third kappa shape index (κ3) is 5.50. The van der Waals surface area contributed by atoms with E-state index < -0.39 is 0 Å². The van der Waals surface area contributed by atoms with Crippen LogP contribution in [0.15, 0.2) is 0 Å². The van der Waals surface area contributed by atoms with Gasteiger partial charge in [-0.3, -0.25) is 4.79 Å². The van der Waals surface area contributed by atoms with Crippen molar-refractivity contribution < 1.29 is 9.53 Å². The highest BCUT2D eigenvalue weighted by molar-refractivity contribution is 7.80. The van der Waals surface area contributed by atoms with E-state index in [2.05, 4.69) is 22.3 Å². The molecule has 0 saturated carbocycles. The van der Waals surface area contributed by atoms with Crippen LogP contribution in [0, 0.1) is 0 Å². The predicted octanol–water partition coefficient (Wildman–Crippen LogP) is 0.486. The van der Waals surface area contributed by atoms with E-state index in [9.17, 15) is 4.79 Å². The van der Waals surface area contributed by atoms with Gasteiger partial charge >= 0.3 is 5.97 Å². The number of carbonyl (C=O) groups is 1. The molecular weight excluding hydrogens is 150 g/mol. The van der Waals surface area contributed by atoms with Crippen molar-refractivity contribution in [2.75, 3.05) is 13.2 Å². The van der Waals surface area contributed by atoms with Crippen molar-refractivity contribution >= 4 is 23.2 Å². The second-order valence-corrected chi connectivity index (χ2v) is 2.33. The third-order valence-corrected chi connectivity index (χ3v) is 0.931. The molecule has 0 rings (SSSR count). The summed E-state index contributed by atoms with van der Waals surface area (Å²) >= 11 is 4.68. The van der Waals surface area contributed by atoms with Crippen LogP contribution in [0.25, 0.3) is 0 Å². The second kappa shape index (κ2) is 5.17. The van der Waals surface area contributed by atoms with E-state index in [1.165, 1.54) is 0 Å². The molecule has 0 aromatic carbocycles. The molecule has 0 saturated heterocycles. The van der Waals surface area contributed by atoms with Gasteiger partial charge in [0, 0.05) is 0 Å². The van der Waals surface area contributed by atoms with Gasteiger partial charge in [-0.05, 0) is 13.8 Å². The van der Waals surface area contributed by atoms with Crippen molar-refractivity contribution in [1.29, 1.82) is 0 Å². The maximum atomic E-state index is 10.6. The number of hydrogen-bond donors (Lipinski definition) is 1. The van der Waals surface area contributed by atoms with Gasteiger partial charge in [-0.2, -0.15) is 0 Å². The molecule has 0 atom stereocenters. The molecule has 0 aliphatic rings. The third-order valence-electron chi connectivity index (χ3n) is 0.787. The first-order chi connectivity index (χ1) is 4.66. The minimum atomic E-state index is -0.272. The van der Waals surface area contributed by atoms with Gasteiger partial charge in [-0.15, -0.1) is 0 Å². The summed E-state index contributed by atoms with van der Waals surface area (Å²) < 4.78 is 4.63. The minimum absolute atomic E-state index is 0.170. The molecule has 58 valence electrons. The Bertz CT molecular complexity index is 136. The van der Waals surface area contributed by atoms with E-state index in [0.717, 1.165) is 0 Å². The predicted molar refractivity (Wildman–Crippen MR) is 42.9 cm³/mol. The molecule has 0 aromatic heterocycles. The summed E-state index contributed by atoms with van der Waals surface area (Å²) in [5.41, 5.74) is 0. The number of ether oxygens (including phenoxy) is 1. The van der Waals surface area contributed by atoms with Gasteiger partial charge < -0.3 is 10.1 Å². The van der Waals surface area contributed by atoms with Crippen LogP contribution in [0.4, 0.5) is 0 Å². The molecule has 10 heavy (non-hydrogen) atoms. The van der Waals surface area contributed by atoms with E-state index >= 15 is 0 Å². The first kappa shape index (κ1) is 9.36. The first-order valence-electron chi connectivity index (χ1n) is 3.07. The molecule has 0 radical (unpaired) electrons. The zero-order chi connectivity index (χ0) is 7.98. The van der Waals surface area contributed by atoms with Crippen LogP contribution in [0.1, 0.15) is 13.8 Å². The molecule has 0 aliphatic heterocycles. The zero-order valence-corrected chi connectivity index (χ0v) is 6.96. The van der Waals surface area contributed by atoms with Crippen LogP contribution >= 0.6 is 12.2 Å². The van der Waals surface area contributed by atoms with Gasteiger partial charge in [-0.1, -0.05) is 12.2 Å². The van der Waals surface area contributed by atoms with Crippen molar-refractivity contribution in [1.82, 2.24) is 5.32 Å². The fraction of sp³-hybridized carbons (Fsp3) is 0.667. The Labute approximate surface area is 65.7 Å². The topological polar surface area (TPSA) is 38.3 Å². The van der Waals surface area contributed by atoms with Gasteiger partial charge in [0.05, 0.1) is 11.6 Å². The Hall–Kier alpha value is -0.640. The number of nitrogens with one attached hydrogen (secondary N) is 1. The monoisotopic (exact) mass is 161 g/mol. The van der Waals surface area contributed by atoms with E-state index in [1.807, 2.05) is 0 Å². The van der Waals surface area contributed by atoms with Gasteiger partial charge in [0.15, 0.2) is 0 Å². The van der Waals surface area contributed by atoms with Crippen LogP contribution in [-0.4, -0.2) is 24.1 Å². The maximum Gasteiger partial charge on any atom is 0.325 e. The van der Waals surface area contributed by atoms with Crippen molar-refractivity contribution in [3.8, 4) is 0 Å². The van der Waals surface area contributed by atoms with Gasteiger partial charge in [0.25, 0.3) is 0 Å². The zero-order valence-electron chi connectivity index (χ0n) is 6.14. The lowest BCUT2D eigenvalue weighted by atomic mass is 10.6. The summed E-state index contributed by atoms with van der Waals surface area (Å²) in [6.45, 7) is 4.07. The van der Waals surface area contributed by atoms with Gasteiger partial charge in [0.1, 0.15) is 6.54 Å². The molecule has 0 spiro atoms. The van der Waals surface area contributed by atoms with E-state index in [0.29, 0.717) is 11.6 Å². The average molecular weight is 161 g/mol. The molecule has 0 unspecified atom stereocenters. The summed E-state index contributed by atoms with van der Waals surface area (Å²) in [5.74, 6) is -0.272. The van der Waals surface area contributed by atoms with E-state index in [4.69, 9.17) is 0 Å². The lowest BCUT2D eigenvalue weighted by Gasteiger charge is -2.02. The standard InChI is InChI=1S/C6H11NO2S/c1-3-9-6(8)4-7-5(2)10/h3-4H2,1-2H3,(H,7,10). The molecular formula is C6H11NO2S. The Kier molecular flexibility index (Phi) is 4.84. The normalized spacial score (nSPS) is 8.60. The summed E-state index contributed by atoms with van der Waals surface area (Å²) in [4.78, 5) is 11.2. The molecule has 0 heterocycles. The lowest BCUT2D eigenvalue weighted by molar-refractivity contribution is -0.141. The Morgan fingerprint density at radius 1 is 1.70 bits per heavy atom. The molecule has 1 N–H and O–H groups in total. The van der Waals surface area contributed by atoms with Crippen LogP contribution < -0.4 is 5.32 Å². The molecule has 0 fully saturated rings. The van der Waals surface area contributed by atoms with Gasteiger partial charge in [0.2, 0.25) is 0 Å². The molecule has 3 nitrogen and oxygen atoms in total. The quantitative estimate of drug-likeness (QED) is 0.483. The SMILES string of the molecule is CCOC(=O)CNC(C)=S. The molecule has 0 aromatic rings. The number of rotatable bonds is 3. The number of thiocarbonyl (C=S) groups is 1. The van der Waals surface area contributed by atoms with Crippen molar-refractivity contribution in [3.63, 3.8) is 0 Å². The van der Waals surface area contributed by atoms with Crippen molar-refractivity contribution in [2.45, 2.75) is 13.8 Å². The molecule has 0 amide bonds. The molecule has 4 heteroatoms. The highest BCUT2D eigenvalue weighted by Crippen LogP contribution is 1.75. The summed E-state index contributed by atoms with van der Waals surface area (Å²) in [5, 5.41) is 2.69. The summed E-state index contributed by atoms with van der Waals surface area (Å²) in [6.07, 6.45) is 0. The molecule has 0 aliphatic carbocycles. The van der Waals surface area contributed by atoms with Crippen LogP contribution in [-0.2, 0) is 9.53 Å². The highest BCUT2D eigenvalue weighted by Gasteiger charge is 1.98. The number of hydrogen-bond acceptors (Lipinski definition) is 3. The lowest BCUT2D eigenvalue weighted by Crippen LogP contribution is -2.27. The first-order valence-corrected chi connectivity index (χ1v) is 3.47. The van der Waals surface area contributed by atoms with E-state index in [-0.39, 0.29) is 12.5 Å².